The normalized spacial score (nSPS) is 16.1. The van der Waals surface area contributed by atoms with Gasteiger partial charge in [-0.2, -0.15) is 0 Å². The number of hydrogen-bond donors (Lipinski definition) is 1. The predicted molar refractivity (Wildman–Crippen MR) is 282 cm³/mol. The van der Waals surface area contributed by atoms with Gasteiger partial charge in [0.05, 0.1) is 27.8 Å². The zero-order chi connectivity index (χ0) is 51.7. The molecule has 0 aliphatic heterocycles. The Morgan fingerprint density at radius 2 is 1.21 bits per heavy atom. The van der Waals surface area contributed by atoms with Gasteiger partial charge in [-0.1, -0.05) is 217 Å². The smallest absolute Gasteiger partial charge is 0.148 e. The summed E-state index contributed by atoms with van der Waals surface area (Å²) in [6.07, 6.45) is 1.75. The quantitative estimate of drug-likeness (QED) is 0.175. The first-order valence-electron chi connectivity index (χ1n) is 25.7. The molecule has 2 heterocycles. The van der Waals surface area contributed by atoms with Gasteiger partial charge in [-0.3, -0.25) is 9.55 Å². The van der Waals surface area contributed by atoms with Crippen molar-refractivity contribution in [2.24, 2.45) is 5.41 Å². The van der Waals surface area contributed by atoms with Crippen LogP contribution in [0.3, 0.4) is 0 Å². The summed E-state index contributed by atoms with van der Waals surface area (Å²) in [4.78, 5) is 10.8. The molecule has 352 valence electrons. The average molecular weight is 1080 g/mol. The SMILES string of the molecule is [2H]c1c([2H])c(C(C)(C)C)c([2H])c([2H])c1-c1ccnc2c1C(C)(C)C(C)(C)C(C)(C)c1c-2[c-]c(-c2cccc3c2nc(-c2ccccc2O)n3-c2ccc(C(C)(C)C)cc2C(C)(C)C)cc1-c1ccccc1.[Pt]. The summed E-state index contributed by atoms with van der Waals surface area (Å²) >= 11 is 0. The van der Waals surface area contributed by atoms with Gasteiger partial charge in [0.2, 0.25) is 0 Å². The van der Waals surface area contributed by atoms with Crippen LogP contribution in [0, 0.1) is 11.5 Å². The van der Waals surface area contributed by atoms with Gasteiger partial charge in [-0.15, -0.1) is 17.7 Å². The largest absolute Gasteiger partial charge is 0.507 e. The molecular formula is C63H68N3OPt-. The third-order valence-corrected chi connectivity index (χ3v) is 15.4. The third-order valence-electron chi connectivity index (χ3n) is 15.4. The molecule has 0 bridgehead atoms. The first kappa shape index (κ1) is 43.7. The third kappa shape index (κ3) is 7.89. The first-order valence-corrected chi connectivity index (χ1v) is 23.7. The molecule has 9 rings (SSSR count). The minimum atomic E-state index is -0.652. The molecule has 0 saturated carbocycles. The second-order valence-electron chi connectivity index (χ2n) is 23.4. The summed E-state index contributed by atoms with van der Waals surface area (Å²) in [5.41, 5.74) is 11.5. The Kier molecular flexibility index (Phi) is 10.8. The molecule has 6 aromatic carbocycles. The van der Waals surface area contributed by atoms with E-state index >= 15 is 0 Å². The van der Waals surface area contributed by atoms with E-state index in [0.717, 1.165) is 61.2 Å². The van der Waals surface area contributed by atoms with Crippen LogP contribution in [0.5, 0.6) is 5.75 Å². The number of para-hydroxylation sites is 2. The summed E-state index contributed by atoms with van der Waals surface area (Å²) in [6, 6.07) is 38.9. The molecule has 68 heavy (non-hydrogen) atoms. The van der Waals surface area contributed by atoms with E-state index in [4.69, 9.17) is 9.97 Å². The Morgan fingerprint density at radius 1 is 0.588 bits per heavy atom. The molecule has 1 aliphatic rings. The van der Waals surface area contributed by atoms with Gasteiger partial charge in [0.15, 0.2) is 0 Å². The van der Waals surface area contributed by atoms with Crippen molar-refractivity contribution in [3.8, 4) is 67.5 Å². The van der Waals surface area contributed by atoms with Crippen molar-refractivity contribution in [1.82, 2.24) is 14.5 Å². The fourth-order valence-corrected chi connectivity index (χ4v) is 10.3. The van der Waals surface area contributed by atoms with Crippen LogP contribution in [0.25, 0.3) is 72.7 Å². The van der Waals surface area contributed by atoms with Crippen LogP contribution in [0.2, 0.25) is 0 Å². The molecule has 2 aromatic heterocycles. The number of fused-ring (bicyclic) bond motifs is 4. The van der Waals surface area contributed by atoms with Crippen LogP contribution in [0.4, 0.5) is 0 Å². The fraction of sp³-hybridized carbons (Fsp3) is 0.333. The first-order chi connectivity index (χ1) is 33.0. The second-order valence-corrected chi connectivity index (χ2v) is 23.4. The topological polar surface area (TPSA) is 50.9 Å². The van der Waals surface area contributed by atoms with E-state index in [2.05, 4.69) is 160 Å². The summed E-state index contributed by atoms with van der Waals surface area (Å²) in [6.45, 7) is 33.0. The predicted octanol–water partition coefficient (Wildman–Crippen LogP) is 16.7. The van der Waals surface area contributed by atoms with E-state index < -0.39 is 21.7 Å². The zero-order valence-electron chi connectivity index (χ0n) is 46.5. The van der Waals surface area contributed by atoms with Crippen LogP contribution < -0.4 is 0 Å². The van der Waals surface area contributed by atoms with Gasteiger partial charge >= 0.3 is 0 Å². The van der Waals surface area contributed by atoms with Crippen molar-refractivity contribution in [2.75, 3.05) is 0 Å². The van der Waals surface area contributed by atoms with Crippen LogP contribution >= 0.6 is 0 Å². The number of phenolic OH excluding ortho intramolecular Hbond substituents is 1. The van der Waals surface area contributed by atoms with E-state index in [9.17, 15) is 10.6 Å². The number of aromatic hydroxyl groups is 1. The summed E-state index contributed by atoms with van der Waals surface area (Å²) in [5.74, 6) is 0.759. The number of pyridine rings is 1. The molecule has 0 radical (unpaired) electrons. The Hall–Kier alpha value is -5.57. The van der Waals surface area contributed by atoms with Gasteiger partial charge in [0.1, 0.15) is 11.6 Å². The number of aromatic nitrogens is 3. The summed E-state index contributed by atoms with van der Waals surface area (Å²) in [5, 5.41) is 11.6. The van der Waals surface area contributed by atoms with Gasteiger partial charge in [0, 0.05) is 33.0 Å². The molecular weight excluding hydrogens is 1010 g/mol. The molecule has 0 atom stereocenters. The minimum Gasteiger partial charge on any atom is -0.507 e. The number of nitrogens with zero attached hydrogens (tertiary/aromatic N) is 3. The van der Waals surface area contributed by atoms with E-state index in [0.29, 0.717) is 28.2 Å². The van der Waals surface area contributed by atoms with Crippen LogP contribution in [-0.2, 0) is 48.1 Å². The molecule has 4 nitrogen and oxygen atoms in total. The maximum atomic E-state index is 11.6. The molecule has 0 spiro atoms. The molecule has 0 fully saturated rings. The Bertz CT molecular complexity index is 3430. The van der Waals surface area contributed by atoms with Crippen molar-refractivity contribution in [2.45, 2.75) is 131 Å². The zero-order valence-corrected chi connectivity index (χ0v) is 44.8. The van der Waals surface area contributed by atoms with Gasteiger partial charge in [0.25, 0.3) is 0 Å². The molecule has 0 unspecified atom stereocenters. The standard InChI is InChI=1S/C63H68N3O.Pt/c1-58(2,3)42-30-28-40(29-31-42)44-34-35-64-56-48-37-41(36-47(39-22-17-16-18-23-39)53(48)61(10,11)63(14,15)62(12,13)54(44)56)45-25-21-26-51-55(45)65-57(46-24-19-20-27-52(46)67)66(51)50-33-32-43(59(4,5)6)38-49(50)60(7,8)9;/h16-36,38,67H,1-15H3;/q-1;/i28D,29D,30D,31D;. The monoisotopic (exact) mass is 1080 g/mol. The molecule has 8 aromatic rings. The molecule has 1 aliphatic carbocycles. The molecule has 1 N–H and O–H groups in total. The van der Waals surface area contributed by atoms with Gasteiger partial charge < -0.3 is 5.11 Å². The number of phenols is 1. The number of benzene rings is 6. The number of imidazole rings is 1. The van der Waals surface area contributed by atoms with E-state index in [1.54, 1.807) is 12.3 Å². The van der Waals surface area contributed by atoms with E-state index in [1.807, 2.05) is 51.1 Å². The fourth-order valence-electron chi connectivity index (χ4n) is 10.3. The van der Waals surface area contributed by atoms with Crippen LogP contribution in [0.15, 0.2) is 133 Å². The Balaban J connectivity index is 0.00000693. The number of hydrogen-bond acceptors (Lipinski definition) is 3. The van der Waals surface area contributed by atoms with Gasteiger partial charge in [-0.25, -0.2) is 4.98 Å². The van der Waals surface area contributed by atoms with Crippen molar-refractivity contribution in [3.63, 3.8) is 0 Å². The minimum absolute atomic E-state index is 0. The summed E-state index contributed by atoms with van der Waals surface area (Å²) in [7, 11) is 0. The van der Waals surface area contributed by atoms with Crippen molar-refractivity contribution in [1.29, 1.82) is 0 Å². The number of rotatable bonds is 5. The van der Waals surface area contributed by atoms with Crippen molar-refractivity contribution < 1.29 is 31.7 Å². The van der Waals surface area contributed by atoms with Crippen LogP contribution in [0.1, 0.15) is 137 Å². The van der Waals surface area contributed by atoms with E-state index in [-0.39, 0.29) is 67.4 Å². The van der Waals surface area contributed by atoms with Crippen molar-refractivity contribution >= 4 is 11.0 Å². The average Bonchev–Trinajstić information content (AvgIpc) is 3.67. The Morgan fingerprint density at radius 3 is 1.84 bits per heavy atom. The molecule has 0 saturated heterocycles. The molecule has 0 amide bonds. The molecule has 5 heteroatoms. The maximum Gasteiger partial charge on any atom is 0.148 e. The van der Waals surface area contributed by atoms with Crippen LogP contribution in [-0.4, -0.2) is 19.6 Å². The van der Waals surface area contributed by atoms with Gasteiger partial charge in [-0.05, 0) is 102 Å². The second kappa shape index (κ2) is 16.8. The maximum absolute atomic E-state index is 11.6. The van der Waals surface area contributed by atoms with Crippen molar-refractivity contribution in [3.05, 3.63) is 167 Å². The van der Waals surface area contributed by atoms with E-state index in [1.165, 1.54) is 5.56 Å². The Labute approximate surface area is 426 Å². The summed E-state index contributed by atoms with van der Waals surface area (Å²) < 4.78 is 40.0.